The fourth-order valence-electron chi connectivity index (χ4n) is 2.03. The van der Waals surface area contributed by atoms with Crippen LogP contribution >= 0.6 is 0 Å². The van der Waals surface area contributed by atoms with E-state index in [0.29, 0.717) is 19.5 Å². The Hall–Kier alpha value is -2.14. The van der Waals surface area contributed by atoms with Crippen LogP contribution in [-0.2, 0) is 24.3 Å². The van der Waals surface area contributed by atoms with Crippen LogP contribution in [0, 0.1) is 0 Å². The van der Waals surface area contributed by atoms with Crippen molar-refractivity contribution in [2.75, 3.05) is 5.32 Å². The van der Waals surface area contributed by atoms with E-state index >= 15 is 0 Å². The molecule has 5 heteroatoms. The Morgan fingerprint density at radius 2 is 2.10 bits per heavy atom. The molecule has 5 nitrogen and oxygen atoms in total. The monoisotopic (exact) mass is 272 g/mol. The van der Waals surface area contributed by atoms with Crippen LogP contribution in [0.4, 0.5) is 5.69 Å². The van der Waals surface area contributed by atoms with Crippen LogP contribution in [0.5, 0.6) is 0 Å². The molecular weight excluding hydrogens is 252 g/mol. The number of nitrogens with one attached hydrogen (secondary N) is 1. The van der Waals surface area contributed by atoms with Gasteiger partial charge in [-0.25, -0.2) is 4.98 Å². The highest BCUT2D eigenvalue weighted by Gasteiger charge is 2.05. The Morgan fingerprint density at radius 3 is 2.75 bits per heavy atom. The van der Waals surface area contributed by atoms with Gasteiger partial charge in [0.2, 0.25) is 5.91 Å². The summed E-state index contributed by atoms with van der Waals surface area (Å²) in [6, 6.07) is 7.57. The second-order valence-corrected chi connectivity index (χ2v) is 4.59. The normalized spacial score (nSPS) is 10.5. The number of imidazole rings is 1. The maximum atomic E-state index is 11.9. The second kappa shape index (κ2) is 6.86. The van der Waals surface area contributed by atoms with E-state index < -0.39 is 0 Å². The van der Waals surface area contributed by atoms with E-state index in [1.54, 1.807) is 6.20 Å². The Balaban J connectivity index is 1.86. The predicted octanol–water partition coefficient (Wildman–Crippen LogP) is 1.93. The number of benzene rings is 1. The van der Waals surface area contributed by atoms with E-state index in [-0.39, 0.29) is 5.91 Å². The van der Waals surface area contributed by atoms with E-state index in [4.69, 9.17) is 5.73 Å². The molecule has 0 bridgehead atoms. The number of amides is 1. The lowest BCUT2D eigenvalue weighted by atomic mass is 10.2. The Morgan fingerprint density at radius 1 is 1.35 bits per heavy atom. The molecule has 0 aliphatic rings. The zero-order chi connectivity index (χ0) is 14.4. The fourth-order valence-corrected chi connectivity index (χ4v) is 2.03. The van der Waals surface area contributed by atoms with Crippen molar-refractivity contribution in [3.63, 3.8) is 0 Å². The van der Waals surface area contributed by atoms with E-state index in [1.165, 1.54) is 0 Å². The summed E-state index contributed by atoms with van der Waals surface area (Å²) >= 11 is 0. The molecule has 0 aliphatic heterocycles. The fraction of sp³-hybridized carbons (Fsp3) is 0.333. The second-order valence-electron chi connectivity index (χ2n) is 4.59. The van der Waals surface area contributed by atoms with Crippen molar-refractivity contribution in [2.24, 2.45) is 5.73 Å². The number of anilines is 1. The molecule has 0 aliphatic carbocycles. The first kappa shape index (κ1) is 14.3. The van der Waals surface area contributed by atoms with Gasteiger partial charge in [0.15, 0.2) is 0 Å². The van der Waals surface area contributed by atoms with Gasteiger partial charge in [-0.3, -0.25) is 4.79 Å². The number of aromatic nitrogens is 2. The Bertz CT molecular complexity index is 560. The number of nitrogens with two attached hydrogens (primary N) is 1. The van der Waals surface area contributed by atoms with Crippen molar-refractivity contribution in [2.45, 2.75) is 32.9 Å². The number of carbonyl (C=O) groups is 1. The van der Waals surface area contributed by atoms with Crippen LogP contribution in [-0.4, -0.2) is 15.5 Å². The van der Waals surface area contributed by atoms with Crippen LogP contribution in [0.3, 0.4) is 0 Å². The van der Waals surface area contributed by atoms with Gasteiger partial charge in [0.25, 0.3) is 0 Å². The topological polar surface area (TPSA) is 72.9 Å². The predicted molar refractivity (Wildman–Crippen MR) is 79.2 cm³/mol. The van der Waals surface area contributed by atoms with Crippen LogP contribution in [0.2, 0.25) is 0 Å². The molecule has 1 amide bonds. The number of aryl methyl sites for hydroxylation is 2. The van der Waals surface area contributed by atoms with Crippen molar-refractivity contribution in [1.29, 1.82) is 0 Å². The molecular formula is C15H20N4O. The molecule has 106 valence electrons. The molecule has 1 aromatic carbocycles. The van der Waals surface area contributed by atoms with Crippen LogP contribution in [0.15, 0.2) is 36.7 Å². The number of hydrogen-bond donors (Lipinski definition) is 2. The molecule has 20 heavy (non-hydrogen) atoms. The summed E-state index contributed by atoms with van der Waals surface area (Å²) in [5.74, 6) is 1.01. The van der Waals surface area contributed by atoms with E-state index in [2.05, 4.69) is 17.2 Å². The van der Waals surface area contributed by atoms with Gasteiger partial charge in [-0.1, -0.05) is 19.1 Å². The molecule has 3 N–H and O–H groups in total. The van der Waals surface area contributed by atoms with Gasteiger partial charge < -0.3 is 15.6 Å². The number of nitrogens with zero attached hydrogens (tertiary/aromatic N) is 2. The highest BCUT2D eigenvalue weighted by Crippen LogP contribution is 2.10. The van der Waals surface area contributed by atoms with Crippen molar-refractivity contribution in [3.8, 4) is 0 Å². The quantitative estimate of drug-likeness (QED) is 0.844. The highest BCUT2D eigenvalue weighted by atomic mass is 16.1. The molecule has 0 fully saturated rings. The van der Waals surface area contributed by atoms with E-state index in [0.717, 1.165) is 23.5 Å². The third-order valence-corrected chi connectivity index (χ3v) is 3.17. The first-order valence-electron chi connectivity index (χ1n) is 6.81. The summed E-state index contributed by atoms with van der Waals surface area (Å²) in [6.45, 7) is 3.21. The third-order valence-electron chi connectivity index (χ3n) is 3.17. The van der Waals surface area contributed by atoms with Crippen molar-refractivity contribution in [3.05, 3.63) is 48.0 Å². The van der Waals surface area contributed by atoms with Gasteiger partial charge in [-0.05, 0) is 17.7 Å². The van der Waals surface area contributed by atoms with Gasteiger partial charge in [0.1, 0.15) is 5.82 Å². The lowest BCUT2D eigenvalue weighted by molar-refractivity contribution is -0.116. The highest BCUT2D eigenvalue weighted by molar-refractivity contribution is 5.90. The molecule has 2 rings (SSSR count). The van der Waals surface area contributed by atoms with E-state index in [1.807, 2.05) is 35.0 Å². The standard InChI is InChI=1S/C15H20N4O/c1-2-14-17-8-10-19(14)9-7-15(20)18-13-5-3-12(11-16)4-6-13/h3-6,8,10H,2,7,9,11,16H2,1H3,(H,18,20). The summed E-state index contributed by atoms with van der Waals surface area (Å²) in [5, 5.41) is 2.88. The van der Waals surface area contributed by atoms with Gasteiger partial charge in [0.05, 0.1) is 0 Å². The first-order valence-corrected chi connectivity index (χ1v) is 6.81. The van der Waals surface area contributed by atoms with Crippen molar-refractivity contribution >= 4 is 11.6 Å². The average Bonchev–Trinajstić information content (AvgIpc) is 2.93. The van der Waals surface area contributed by atoms with Gasteiger partial charge >= 0.3 is 0 Å². The number of rotatable bonds is 6. The summed E-state index contributed by atoms with van der Waals surface area (Å²) in [4.78, 5) is 16.1. The number of carbonyl (C=O) groups excluding carboxylic acids is 1. The summed E-state index contributed by atoms with van der Waals surface area (Å²) in [7, 11) is 0. The summed E-state index contributed by atoms with van der Waals surface area (Å²) in [6.07, 6.45) is 4.97. The number of hydrogen-bond acceptors (Lipinski definition) is 3. The maximum Gasteiger partial charge on any atom is 0.226 e. The van der Waals surface area contributed by atoms with Crippen LogP contribution in [0.25, 0.3) is 0 Å². The minimum Gasteiger partial charge on any atom is -0.334 e. The van der Waals surface area contributed by atoms with E-state index in [9.17, 15) is 4.79 Å². The molecule has 0 spiro atoms. The lowest BCUT2D eigenvalue weighted by Gasteiger charge is -2.08. The van der Waals surface area contributed by atoms with Gasteiger partial charge in [-0.15, -0.1) is 0 Å². The minimum atomic E-state index is 0.00116. The lowest BCUT2D eigenvalue weighted by Crippen LogP contribution is -2.15. The Kier molecular flexibility index (Phi) is 4.90. The van der Waals surface area contributed by atoms with Crippen molar-refractivity contribution in [1.82, 2.24) is 9.55 Å². The molecule has 2 aromatic rings. The molecule has 0 unspecified atom stereocenters. The molecule has 0 atom stereocenters. The molecule has 0 radical (unpaired) electrons. The molecule has 0 saturated carbocycles. The SMILES string of the molecule is CCc1nccn1CCC(=O)Nc1ccc(CN)cc1. The molecule has 1 heterocycles. The van der Waals surface area contributed by atoms with Crippen LogP contribution < -0.4 is 11.1 Å². The summed E-state index contributed by atoms with van der Waals surface area (Å²) < 4.78 is 2.01. The van der Waals surface area contributed by atoms with Gasteiger partial charge in [-0.2, -0.15) is 0 Å². The average molecular weight is 272 g/mol. The van der Waals surface area contributed by atoms with Gasteiger partial charge in [0, 0.05) is 44.0 Å². The summed E-state index contributed by atoms with van der Waals surface area (Å²) in [5.41, 5.74) is 7.38. The smallest absolute Gasteiger partial charge is 0.226 e. The first-order chi connectivity index (χ1) is 9.72. The van der Waals surface area contributed by atoms with Crippen LogP contribution in [0.1, 0.15) is 24.7 Å². The minimum absolute atomic E-state index is 0.00116. The largest absolute Gasteiger partial charge is 0.334 e. The zero-order valence-electron chi connectivity index (χ0n) is 11.7. The maximum absolute atomic E-state index is 11.9. The molecule has 1 aromatic heterocycles. The Labute approximate surface area is 118 Å². The molecule has 0 saturated heterocycles. The third kappa shape index (κ3) is 3.68. The zero-order valence-corrected chi connectivity index (χ0v) is 11.7. The van der Waals surface area contributed by atoms with Crippen molar-refractivity contribution < 1.29 is 4.79 Å².